The summed E-state index contributed by atoms with van der Waals surface area (Å²) in [4.78, 5) is 21.1. The van der Waals surface area contributed by atoms with E-state index in [0.717, 1.165) is 49.2 Å². The van der Waals surface area contributed by atoms with Crippen molar-refractivity contribution in [3.8, 4) is 5.75 Å². The van der Waals surface area contributed by atoms with Gasteiger partial charge in [0.05, 0.1) is 10.7 Å². The van der Waals surface area contributed by atoms with E-state index in [0.29, 0.717) is 0 Å². The van der Waals surface area contributed by atoms with Gasteiger partial charge in [-0.1, -0.05) is 6.07 Å². The van der Waals surface area contributed by atoms with Crippen LogP contribution in [-0.4, -0.2) is 53.5 Å². The van der Waals surface area contributed by atoms with Gasteiger partial charge in [0.1, 0.15) is 5.75 Å². The molecule has 1 amide bonds. The summed E-state index contributed by atoms with van der Waals surface area (Å²) in [6, 6.07) is 5.92. The van der Waals surface area contributed by atoms with Gasteiger partial charge in [-0.15, -0.1) is 11.3 Å². The largest absolute Gasteiger partial charge is 0.484 e. The molecule has 1 aliphatic rings. The Morgan fingerprint density at radius 2 is 1.92 bits per heavy atom. The van der Waals surface area contributed by atoms with E-state index in [4.69, 9.17) is 4.74 Å². The van der Waals surface area contributed by atoms with Gasteiger partial charge in [-0.25, -0.2) is 4.98 Å². The van der Waals surface area contributed by atoms with Gasteiger partial charge in [-0.05, 0) is 44.0 Å². The zero-order valence-corrected chi connectivity index (χ0v) is 15.9. The molecule has 5 nitrogen and oxygen atoms in total. The van der Waals surface area contributed by atoms with Crippen LogP contribution >= 0.6 is 11.3 Å². The molecule has 0 spiro atoms. The fraction of sp³-hybridized carbons (Fsp3) is 0.474. The summed E-state index contributed by atoms with van der Waals surface area (Å²) in [5.74, 6) is 0.816. The fourth-order valence-corrected chi connectivity index (χ4v) is 3.51. The number of ether oxygens (including phenoxy) is 1. The van der Waals surface area contributed by atoms with Gasteiger partial charge in [-0.3, -0.25) is 9.69 Å². The highest BCUT2D eigenvalue weighted by Crippen LogP contribution is 2.17. The van der Waals surface area contributed by atoms with E-state index in [1.807, 2.05) is 36.9 Å². The Labute approximate surface area is 153 Å². The zero-order chi connectivity index (χ0) is 17.8. The highest BCUT2D eigenvalue weighted by Gasteiger charge is 2.21. The number of nitrogens with zero attached hydrogens (tertiary/aromatic N) is 3. The molecule has 0 atom stereocenters. The molecule has 0 saturated carbocycles. The quantitative estimate of drug-likeness (QED) is 0.824. The topological polar surface area (TPSA) is 45.7 Å². The average Bonchev–Trinajstić information content (AvgIpc) is 3.01. The summed E-state index contributed by atoms with van der Waals surface area (Å²) in [6.07, 6.45) is 0. The summed E-state index contributed by atoms with van der Waals surface area (Å²) in [6.45, 7) is 10.4. The molecule has 1 aliphatic heterocycles. The first-order chi connectivity index (χ1) is 12.0. The standard InChI is InChI=1S/C19H25N3O2S/c1-14-4-5-18(10-15(14)2)24-12-19(23)22-8-6-21(7-9-22)11-17-13-25-16(3)20-17/h4-5,10,13H,6-9,11-12H2,1-3H3. The molecule has 3 rings (SSSR count). The lowest BCUT2D eigenvalue weighted by atomic mass is 10.1. The third-order valence-corrected chi connectivity index (χ3v) is 5.44. The van der Waals surface area contributed by atoms with Crippen molar-refractivity contribution < 1.29 is 9.53 Å². The maximum Gasteiger partial charge on any atom is 0.260 e. The predicted molar refractivity (Wildman–Crippen MR) is 100 cm³/mol. The van der Waals surface area contributed by atoms with Crippen LogP contribution in [0.5, 0.6) is 5.75 Å². The van der Waals surface area contributed by atoms with Crippen LogP contribution in [0.15, 0.2) is 23.6 Å². The van der Waals surface area contributed by atoms with Crippen LogP contribution < -0.4 is 4.74 Å². The molecule has 0 N–H and O–H groups in total. The van der Waals surface area contributed by atoms with Crippen molar-refractivity contribution in [1.29, 1.82) is 0 Å². The summed E-state index contributed by atoms with van der Waals surface area (Å²) in [7, 11) is 0. The van der Waals surface area contributed by atoms with E-state index in [1.165, 1.54) is 11.1 Å². The molecule has 0 unspecified atom stereocenters. The van der Waals surface area contributed by atoms with Gasteiger partial charge in [-0.2, -0.15) is 0 Å². The van der Waals surface area contributed by atoms with Gasteiger partial charge in [0, 0.05) is 38.1 Å². The molecule has 0 radical (unpaired) electrons. The number of aryl methyl sites for hydroxylation is 3. The Balaban J connectivity index is 1.44. The number of hydrogen-bond donors (Lipinski definition) is 0. The minimum atomic E-state index is 0.0578. The molecule has 25 heavy (non-hydrogen) atoms. The Kier molecular flexibility index (Phi) is 5.71. The van der Waals surface area contributed by atoms with Crippen molar-refractivity contribution in [3.05, 3.63) is 45.4 Å². The summed E-state index contributed by atoms with van der Waals surface area (Å²) in [5, 5.41) is 3.22. The first kappa shape index (κ1) is 17.9. The van der Waals surface area contributed by atoms with E-state index in [2.05, 4.69) is 22.2 Å². The lowest BCUT2D eigenvalue weighted by Crippen LogP contribution is -2.49. The highest BCUT2D eigenvalue weighted by molar-refractivity contribution is 7.09. The summed E-state index contributed by atoms with van der Waals surface area (Å²) >= 11 is 1.69. The third kappa shape index (κ3) is 4.80. The number of aromatic nitrogens is 1. The predicted octanol–water partition coefficient (Wildman–Crippen LogP) is 2.79. The fourth-order valence-electron chi connectivity index (χ4n) is 2.91. The van der Waals surface area contributed by atoms with Crippen LogP contribution in [0.25, 0.3) is 0 Å². The molecule has 1 aromatic heterocycles. The molecule has 0 aliphatic carbocycles. The lowest BCUT2D eigenvalue weighted by Gasteiger charge is -2.34. The summed E-state index contributed by atoms with van der Waals surface area (Å²) < 4.78 is 5.67. The number of benzene rings is 1. The number of hydrogen-bond acceptors (Lipinski definition) is 5. The number of rotatable bonds is 5. The van der Waals surface area contributed by atoms with Crippen LogP contribution in [-0.2, 0) is 11.3 Å². The minimum absolute atomic E-state index is 0.0578. The van der Waals surface area contributed by atoms with Gasteiger partial charge < -0.3 is 9.64 Å². The second-order valence-corrected chi connectivity index (χ2v) is 7.61. The van der Waals surface area contributed by atoms with Gasteiger partial charge >= 0.3 is 0 Å². The molecular weight excluding hydrogens is 334 g/mol. The number of carbonyl (C=O) groups is 1. The second-order valence-electron chi connectivity index (χ2n) is 6.55. The van der Waals surface area contributed by atoms with Crippen molar-refractivity contribution in [2.75, 3.05) is 32.8 Å². The molecule has 2 heterocycles. The Morgan fingerprint density at radius 1 is 1.16 bits per heavy atom. The lowest BCUT2D eigenvalue weighted by molar-refractivity contribution is -0.135. The van der Waals surface area contributed by atoms with Gasteiger partial charge in [0.2, 0.25) is 0 Å². The van der Waals surface area contributed by atoms with Crippen LogP contribution in [0.4, 0.5) is 0 Å². The van der Waals surface area contributed by atoms with Crippen molar-refractivity contribution >= 4 is 17.2 Å². The number of thiazole rings is 1. The third-order valence-electron chi connectivity index (χ3n) is 4.62. The molecule has 1 aromatic carbocycles. The van der Waals surface area contributed by atoms with E-state index < -0.39 is 0 Å². The maximum atomic E-state index is 12.4. The maximum absolute atomic E-state index is 12.4. The number of carbonyl (C=O) groups excluding carboxylic acids is 1. The molecule has 134 valence electrons. The summed E-state index contributed by atoms with van der Waals surface area (Å²) in [5.41, 5.74) is 3.53. The zero-order valence-electron chi connectivity index (χ0n) is 15.1. The Morgan fingerprint density at radius 3 is 2.56 bits per heavy atom. The van der Waals surface area contributed by atoms with Crippen LogP contribution in [0, 0.1) is 20.8 Å². The molecule has 0 bridgehead atoms. The SMILES string of the molecule is Cc1nc(CN2CCN(C(=O)COc3ccc(C)c(C)c3)CC2)cs1. The normalized spacial score (nSPS) is 15.4. The Bertz CT molecular complexity index is 736. The minimum Gasteiger partial charge on any atom is -0.484 e. The van der Waals surface area contributed by atoms with Crippen molar-refractivity contribution in [3.63, 3.8) is 0 Å². The van der Waals surface area contributed by atoms with Crippen LogP contribution in [0.2, 0.25) is 0 Å². The molecule has 2 aromatic rings. The highest BCUT2D eigenvalue weighted by atomic mass is 32.1. The van der Waals surface area contributed by atoms with Gasteiger partial charge in [0.25, 0.3) is 5.91 Å². The smallest absolute Gasteiger partial charge is 0.260 e. The van der Waals surface area contributed by atoms with E-state index in [-0.39, 0.29) is 12.5 Å². The first-order valence-corrected chi connectivity index (χ1v) is 9.50. The molecule has 1 saturated heterocycles. The van der Waals surface area contributed by atoms with E-state index >= 15 is 0 Å². The molecule has 1 fully saturated rings. The molecule has 6 heteroatoms. The van der Waals surface area contributed by atoms with Crippen molar-refractivity contribution in [2.45, 2.75) is 27.3 Å². The van der Waals surface area contributed by atoms with E-state index in [1.54, 1.807) is 11.3 Å². The van der Waals surface area contributed by atoms with Crippen LogP contribution in [0.3, 0.4) is 0 Å². The van der Waals surface area contributed by atoms with Crippen molar-refractivity contribution in [1.82, 2.24) is 14.8 Å². The van der Waals surface area contributed by atoms with E-state index in [9.17, 15) is 4.79 Å². The molecular formula is C19H25N3O2S. The average molecular weight is 359 g/mol. The number of amides is 1. The first-order valence-electron chi connectivity index (χ1n) is 8.62. The van der Waals surface area contributed by atoms with Crippen LogP contribution in [0.1, 0.15) is 21.8 Å². The van der Waals surface area contributed by atoms with Gasteiger partial charge in [0.15, 0.2) is 6.61 Å². The second kappa shape index (κ2) is 7.97. The number of piperazine rings is 1. The van der Waals surface area contributed by atoms with Crippen molar-refractivity contribution in [2.24, 2.45) is 0 Å². The Hall–Kier alpha value is -1.92. The monoisotopic (exact) mass is 359 g/mol.